The van der Waals surface area contributed by atoms with Crippen LogP contribution in [-0.2, 0) is 22.6 Å². The predicted molar refractivity (Wildman–Crippen MR) is 81.9 cm³/mol. The first-order valence-corrected chi connectivity index (χ1v) is 8.01. The maximum Gasteiger partial charge on any atom is 0.123 e. The minimum absolute atomic E-state index is 0.0257. The number of ether oxygens (including phenoxy) is 2. The number of hydrogen-bond acceptors (Lipinski definition) is 5. The fourth-order valence-corrected chi connectivity index (χ4v) is 3.60. The second kappa shape index (κ2) is 6.52. The van der Waals surface area contributed by atoms with E-state index in [0.717, 1.165) is 17.2 Å². The van der Waals surface area contributed by atoms with Crippen LogP contribution in [0, 0.1) is 5.41 Å². The van der Waals surface area contributed by atoms with Gasteiger partial charge in [-0.2, -0.15) is 0 Å². The number of rotatable bonds is 7. The van der Waals surface area contributed by atoms with Gasteiger partial charge in [-0.15, -0.1) is 11.3 Å². The lowest BCUT2D eigenvalue weighted by Gasteiger charge is -2.27. The van der Waals surface area contributed by atoms with Crippen molar-refractivity contribution in [2.45, 2.75) is 58.9 Å². The van der Waals surface area contributed by atoms with Crippen molar-refractivity contribution in [3.63, 3.8) is 0 Å². The van der Waals surface area contributed by atoms with Gasteiger partial charge in [0, 0.05) is 31.7 Å². The van der Waals surface area contributed by atoms with Gasteiger partial charge in [0.2, 0.25) is 0 Å². The summed E-state index contributed by atoms with van der Waals surface area (Å²) in [5, 5.41) is 4.61. The number of nitrogens with zero attached hydrogens (tertiary/aromatic N) is 1. The Labute approximate surface area is 125 Å². The van der Waals surface area contributed by atoms with Crippen molar-refractivity contribution in [3.8, 4) is 0 Å². The van der Waals surface area contributed by atoms with E-state index < -0.39 is 0 Å². The molecule has 1 atom stereocenters. The van der Waals surface area contributed by atoms with E-state index in [1.165, 1.54) is 17.7 Å². The molecule has 0 saturated heterocycles. The Morgan fingerprint density at radius 1 is 1.35 bits per heavy atom. The highest BCUT2D eigenvalue weighted by atomic mass is 32.1. The summed E-state index contributed by atoms with van der Waals surface area (Å²) in [5.41, 5.74) is 1.09. The molecule has 2 rings (SSSR count). The molecule has 1 unspecified atom stereocenters. The molecule has 0 bridgehead atoms. The molecular formula is C15H26N2O2S. The number of methoxy groups -OCH3 is 2. The Hall–Kier alpha value is -0.490. The lowest BCUT2D eigenvalue weighted by Crippen LogP contribution is -2.20. The minimum atomic E-state index is 0.0257. The molecule has 0 amide bonds. The van der Waals surface area contributed by atoms with Crippen molar-refractivity contribution in [3.05, 3.63) is 15.6 Å². The van der Waals surface area contributed by atoms with Crippen LogP contribution < -0.4 is 5.32 Å². The molecule has 1 heterocycles. The van der Waals surface area contributed by atoms with Crippen molar-refractivity contribution in [2.24, 2.45) is 5.41 Å². The van der Waals surface area contributed by atoms with Gasteiger partial charge < -0.3 is 14.8 Å². The SMILES string of the molecule is COCc1nc(C(OC)C(C)(C)C)sc1CNC1CC1. The lowest BCUT2D eigenvalue weighted by atomic mass is 9.89. The van der Waals surface area contributed by atoms with Gasteiger partial charge in [-0.1, -0.05) is 20.8 Å². The molecular weight excluding hydrogens is 272 g/mol. The molecule has 1 fully saturated rings. The number of nitrogens with one attached hydrogen (secondary N) is 1. The molecule has 1 saturated carbocycles. The number of aromatic nitrogens is 1. The van der Waals surface area contributed by atoms with Gasteiger partial charge in [0.15, 0.2) is 0 Å². The summed E-state index contributed by atoms with van der Waals surface area (Å²) in [6.45, 7) is 8.00. The van der Waals surface area contributed by atoms with Crippen LogP contribution in [0.5, 0.6) is 0 Å². The summed E-state index contributed by atoms with van der Waals surface area (Å²) in [6, 6.07) is 0.705. The normalized spacial score (nSPS) is 17.4. The lowest BCUT2D eigenvalue weighted by molar-refractivity contribution is 0.0148. The summed E-state index contributed by atoms with van der Waals surface area (Å²) in [6.07, 6.45) is 2.62. The Bertz CT molecular complexity index is 436. The summed E-state index contributed by atoms with van der Waals surface area (Å²) < 4.78 is 11.0. The van der Waals surface area contributed by atoms with Crippen LogP contribution >= 0.6 is 11.3 Å². The van der Waals surface area contributed by atoms with E-state index in [1.54, 1.807) is 25.6 Å². The highest BCUT2D eigenvalue weighted by Crippen LogP contribution is 2.38. The van der Waals surface area contributed by atoms with E-state index in [2.05, 4.69) is 26.1 Å². The third-order valence-electron chi connectivity index (χ3n) is 3.45. The summed E-state index contributed by atoms with van der Waals surface area (Å²) in [4.78, 5) is 6.04. The van der Waals surface area contributed by atoms with Gasteiger partial charge in [0.1, 0.15) is 11.1 Å². The molecule has 1 aromatic heterocycles. The third kappa shape index (κ3) is 4.01. The smallest absolute Gasteiger partial charge is 0.123 e. The molecule has 1 aliphatic carbocycles. The van der Waals surface area contributed by atoms with Gasteiger partial charge in [-0.3, -0.25) is 0 Å². The molecule has 1 aliphatic rings. The monoisotopic (exact) mass is 298 g/mol. The van der Waals surface area contributed by atoms with Gasteiger partial charge in [0.05, 0.1) is 12.3 Å². The second-order valence-electron chi connectivity index (χ2n) is 6.49. The second-order valence-corrected chi connectivity index (χ2v) is 7.61. The Kier molecular flexibility index (Phi) is 5.18. The first kappa shape index (κ1) is 15.9. The molecule has 5 heteroatoms. The molecule has 4 nitrogen and oxygen atoms in total. The van der Waals surface area contributed by atoms with Crippen LogP contribution in [0.2, 0.25) is 0 Å². The summed E-state index contributed by atoms with van der Waals surface area (Å²) in [5.74, 6) is 0. The fourth-order valence-electron chi connectivity index (χ4n) is 2.25. The average molecular weight is 298 g/mol. The molecule has 0 spiro atoms. The maximum absolute atomic E-state index is 5.67. The summed E-state index contributed by atoms with van der Waals surface area (Å²) >= 11 is 1.75. The van der Waals surface area contributed by atoms with Crippen LogP contribution in [0.4, 0.5) is 0 Å². The van der Waals surface area contributed by atoms with Crippen molar-refractivity contribution < 1.29 is 9.47 Å². The Balaban J connectivity index is 2.17. The Morgan fingerprint density at radius 2 is 2.05 bits per heavy atom. The topological polar surface area (TPSA) is 43.4 Å². The van der Waals surface area contributed by atoms with E-state index in [0.29, 0.717) is 12.6 Å². The average Bonchev–Trinajstić information content (AvgIpc) is 3.10. The molecule has 1 N–H and O–H groups in total. The fraction of sp³-hybridized carbons (Fsp3) is 0.800. The maximum atomic E-state index is 5.67. The molecule has 1 aromatic rings. The number of hydrogen-bond donors (Lipinski definition) is 1. The molecule has 0 radical (unpaired) electrons. The van der Waals surface area contributed by atoms with E-state index in [1.807, 2.05) is 0 Å². The van der Waals surface area contributed by atoms with Gasteiger partial charge in [-0.25, -0.2) is 4.98 Å². The standard InChI is InChI=1S/C15H26N2O2S/c1-15(2,3)13(19-5)14-17-11(9-18-4)12(20-14)8-16-10-6-7-10/h10,13,16H,6-9H2,1-5H3. The molecule has 0 aliphatic heterocycles. The van der Waals surface area contributed by atoms with Crippen LogP contribution in [0.3, 0.4) is 0 Å². The quantitative estimate of drug-likeness (QED) is 0.839. The van der Waals surface area contributed by atoms with E-state index >= 15 is 0 Å². The van der Waals surface area contributed by atoms with Crippen molar-refractivity contribution in [1.82, 2.24) is 10.3 Å². The van der Waals surface area contributed by atoms with Crippen LogP contribution in [-0.4, -0.2) is 25.2 Å². The summed E-state index contributed by atoms with van der Waals surface area (Å²) in [7, 11) is 3.48. The number of thiazole rings is 1. The van der Waals surface area contributed by atoms with Crippen LogP contribution in [0.25, 0.3) is 0 Å². The molecule has 20 heavy (non-hydrogen) atoms. The van der Waals surface area contributed by atoms with Gasteiger partial charge in [-0.05, 0) is 18.3 Å². The highest BCUT2D eigenvalue weighted by Gasteiger charge is 2.30. The zero-order valence-corrected chi connectivity index (χ0v) is 14.0. The van der Waals surface area contributed by atoms with E-state index in [4.69, 9.17) is 14.5 Å². The minimum Gasteiger partial charge on any atom is -0.378 e. The van der Waals surface area contributed by atoms with E-state index in [-0.39, 0.29) is 11.5 Å². The first-order chi connectivity index (χ1) is 9.45. The van der Waals surface area contributed by atoms with Gasteiger partial charge in [0.25, 0.3) is 0 Å². The van der Waals surface area contributed by atoms with Crippen LogP contribution in [0.1, 0.15) is 55.3 Å². The molecule has 0 aromatic carbocycles. The largest absolute Gasteiger partial charge is 0.378 e. The van der Waals surface area contributed by atoms with E-state index in [9.17, 15) is 0 Å². The zero-order valence-electron chi connectivity index (χ0n) is 13.2. The van der Waals surface area contributed by atoms with Crippen molar-refractivity contribution >= 4 is 11.3 Å². The first-order valence-electron chi connectivity index (χ1n) is 7.19. The molecule has 114 valence electrons. The Morgan fingerprint density at radius 3 is 2.55 bits per heavy atom. The van der Waals surface area contributed by atoms with Crippen molar-refractivity contribution in [1.29, 1.82) is 0 Å². The highest BCUT2D eigenvalue weighted by molar-refractivity contribution is 7.11. The van der Waals surface area contributed by atoms with Gasteiger partial charge >= 0.3 is 0 Å². The van der Waals surface area contributed by atoms with Crippen LogP contribution in [0.15, 0.2) is 0 Å². The predicted octanol–water partition coefficient (Wildman–Crippen LogP) is 3.28. The van der Waals surface area contributed by atoms with Crippen molar-refractivity contribution in [2.75, 3.05) is 14.2 Å². The third-order valence-corrected chi connectivity index (χ3v) is 4.59. The zero-order chi connectivity index (χ0) is 14.8.